The number of nitrogens with zero attached hydrogens (tertiary/aromatic N) is 1. The molecule has 2 atom stereocenters. The lowest BCUT2D eigenvalue weighted by Gasteiger charge is -2.31. The number of ether oxygens (including phenoxy) is 1. The minimum Gasteiger partial charge on any atom is -0.491 e. The molecular formula is C15H22N2O3S. The molecule has 2 heterocycles. The van der Waals surface area contributed by atoms with Crippen molar-refractivity contribution in [3.63, 3.8) is 0 Å². The van der Waals surface area contributed by atoms with Crippen molar-refractivity contribution in [1.29, 1.82) is 0 Å². The molecule has 6 heteroatoms. The van der Waals surface area contributed by atoms with Gasteiger partial charge in [-0.25, -0.2) is 12.7 Å². The maximum Gasteiger partial charge on any atom is 0.211 e. The second-order valence-electron chi connectivity index (χ2n) is 5.94. The first-order valence-electron chi connectivity index (χ1n) is 7.44. The fourth-order valence-electron chi connectivity index (χ4n) is 3.14. The number of benzene rings is 1. The van der Waals surface area contributed by atoms with Gasteiger partial charge in [0.25, 0.3) is 0 Å². The summed E-state index contributed by atoms with van der Waals surface area (Å²) in [4.78, 5) is 0. The second kappa shape index (κ2) is 5.94. The molecule has 2 aliphatic rings. The number of para-hydroxylation sites is 1. The van der Waals surface area contributed by atoms with E-state index in [2.05, 4.69) is 11.4 Å². The van der Waals surface area contributed by atoms with Crippen molar-refractivity contribution in [2.24, 2.45) is 5.92 Å². The Hall–Kier alpha value is -1.11. The molecule has 116 valence electrons. The molecule has 21 heavy (non-hydrogen) atoms. The highest BCUT2D eigenvalue weighted by Gasteiger charge is 2.28. The summed E-state index contributed by atoms with van der Waals surface area (Å²) >= 11 is 0. The van der Waals surface area contributed by atoms with E-state index < -0.39 is 10.0 Å². The zero-order valence-corrected chi connectivity index (χ0v) is 13.1. The van der Waals surface area contributed by atoms with Gasteiger partial charge in [-0.3, -0.25) is 0 Å². The molecule has 5 nitrogen and oxygen atoms in total. The number of hydrogen-bond donors (Lipinski definition) is 1. The molecule has 0 bridgehead atoms. The summed E-state index contributed by atoms with van der Waals surface area (Å²) in [6.07, 6.45) is 3.31. The monoisotopic (exact) mass is 310 g/mol. The molecule has 0 saturated carbocycles. The van der Waals surface area contributed by atoms with E-state index in [0.29, 0.717) is 25.6 Å². The Bertz CT molecular complexity index is 603. The van der Waals surface area contributed by atoms with Crippen molar-refractivity contribution in [1.82, 2.24) is 9.62 Å². The summed E-state index contributed by atoms with van der Waals surface area (Å²) in [5.41, 5.74) is 1.20. The van der Waals surface area contributed by atoms with E-state index in [1.807, 2.05) is 18.2 Å². The van der Waals surface area contributed by atoms with Gasteiger partial charge in [0.15, 0.2) is 0 Å². The SMILES string of the molecule is CS(=O)(=O)N1CCCC(CNC2COc3ccccc32)C1. The Kier molecular flexibility index (Phi) is 4.19. The zero-order valence-electron chi connectivity index (χ0n) is 12.3. The summed E-state index contributed by atoms with van der Waals surface area (Å²) in [6.45, 7) is 2.77. The van der Waals surface area contributed by atoms with E-state index in [0.717, 1.165) is 25.1 Å². The molecule has 0 aromatic heterocycles. The number of piperidine rings is 1. The summed E-state index contributed by atoms with van der Waals surface area (Å²) in [7, 11) is -3.06. The zero-order chi connectivity index (χ0) is 14.9. The lowest BCUT2D eigenvalue weighted by Crippen LogP contribution is -2.43. The van der Waals surface area contributed by atoms with Crippen LogP contribution in [0.5, 0.6) is 5.75 Å². The van der Waals surface area contributed by atoms with E-state index in [4.69, 9.17) is 4.74 Å². The minimum atomic E-state index is -3.06. The molecule has 0 radical (unpaired) electrons. The van der Waals surface area contributed by atoms with Crippen LogP contribution in [0.2, 0.25) is 0 Å². The van der Waals surface area contributed by atoms with Gasteiger partial charge in [-0.05, 0) is 31.4 Å². The highest BCUT2D eigenvalue weighted by atomic mass is 32.2. The average Bonchev–Trinajstić information content (AvgIpc) is 2.88. The lowest BCUT2D eigenvalue weighted by atomic mass is 9.99. The summed E-state index contributed by atoms with van der Waals surface area (Å²) in [6, 6.07) is 8.29. The molecule has 0 aliphatic carbocycles. The first-order chi connectivity index (χ1) is 10.0. The maximum absolute atomic E-state index is 11.6. The van der Waals surface area contributed by atoms with E-state index in [9.17, 15) is 8.42 Å². The number of rotatable bonds is 4. The first-order valence-corrected chi connectivity index (χ1v) is 9.29. The lowest BCUT2D eigenvalue weighted by molar-refractivity contribution is 0.245. The Morgan fingerprint density at radius 1 is 1.38 bits per heavy atom. The van der Waals surface area contributed by atoms with E-state index in [1.165, 1.54) is 11.8 Å². The Morgan fingerprint density at radius 2 is 2.19 bits per heavy atom. The third-order valence-corrected chi connectivity index (χ3v) is 5.57. The molecule has 2 aliphatic heterocycles. The molecule has 1 saturated heterocycles. The van der Waals surface area contributed by atoms with Crippen LogP contribution in [0.15, 0.2) is 24.3 Å². The third kappa shape index (κ3) is 3.39. The molecule has 0 amide bonds. The van der Waals surface area contributed by atoms with Crippen molar-refractivity contribution in [3.05, 3.63) is 29.8 Å². The highest BCUT2D eigenvalue weighted by Crippen LogP contribution is 2.32. The quantitative estimate of drug-likeness (QED) is 0.913. The molecule has 3 rings (SSSR count). The van der Waals surface area contributed by atoms with Crippen molar-refractivity contribution >= 4 is 10.0 Å². The minimum absolute atomic E-state index is 0.217. The van der Waals surface area contributed by atoms with Crippen LogP contribution < -0.4 is 10.1 Å². The van der Waals surface area contributed by atoms with Gasteiger partial charge < -0.3 is 10.1 Å². The van der Waals surface area contributed by atoms with E-state index in [-0.39, 0.29) is 6.04 Å². The molecule has 1 aromatic rings. The highest BCUT2D eigenvalue weighted by molar-refractivity contribution is 7.88. The summed E-state index contributed by atoms with van der Waals surface area (Å²) in [5.74, 6) is 1.33. The van der Waals surface area contributed by atoms with Crippen LogP contribution in [0, 0.1) is 5.92 Å². The van der Waals surface area contributed by atoms with E-state index >= 15 is 0 Å². The first kappa shape index (κ1) is 14.8. The van der Waals surface area contributed by atoms with Crippen molar-refractivity contribution in [3.8, 4) is 5.75 Å². The number of sulfonamides is 1. The predicted octanol–water partition coefficient (Wildman–Crippen LogP) is 1.38. The van der Waals surface area contributed by atoms with E-state index in [1.54, 1.807) is 4.31 Å². The van der Waals surface area contributed by atoms with Gasteiger partial charge in [-0.1, -0.05) is 18.2 Å². The van der Waals surface area contributed by atoms with Crippen molar-refractivity contribution < 1.29 is 13.2 Å². The molecule has 2 unspecified atom stereocenters. The van der Waals surface area contributed by atoms with Crippen molar-refractivity contribution in [2.45, 2.75) is 18.9 Å². The van der Waals surface area contributed by atoms with Gasteiger partial charge >= 0.3 is 0 Å². The summed E-state index contributed by atoms with van der Waals surface area (Å²) < 4.78 is 30.5. The fourth-order valence-corrected chi connectivity index (χ4v) is 4.08. The normalized spacial score (nSPS) is 26.3. The topological polar surface area (TPSA) is 58.6 Å². The van der Waals surface area contributed by atoms with Gasteiger partial charge in [0.1, 0.15) is 12.4 Å². The molecule has 0 spiro atoms. The van der Waals surface area contributed by atoms with Gasteiger partial charge in [0.2, 0.25) is 10.0 Å². The largest absolute Gasteiger partial charge is 0.491 e. The average molecular weight is 310 g/mol. The standard InChI is InChI=1S/C15H22N2O3S/c1-21(18,19)17-8-4-5-12(10-17)9-16-14-11-20-15-7-3-2-6-13(14)15/h2-3,6-7,12,14,16H,4-5,8-11H2,1H3. The Morgan fingerprint density at radius 3 is 3.00 bits per heavy atom. The molecule has 1 aromatic carbocycles. The van der Waals surface area contributed by atoms with Crippen molar-refractivity contribution in [2.75, 3.05) is 32.5 Å². The molecule has 1 N–H and O–H groups in total. The van der Waals surface area contributed by atoms with Gasteiger partial charge in [0.05, 0.1) is 12.3 Å². The van der Waals surface area contributed by atoms with Gasteiger partial charge in [0, 0.05) is 18.7 Å². The third-order valence-electron chi connectivity index (χ3n) is 4.30. The number of nitrogens with one attached hydrogen (secondary N) is 1. The predicted molar refractivity (Wildman–Crippen MR) is 81.8 cm³/mol. The fraction of sp³-hybridized carbons (Fsp3) is 0.600. The van der Waals surface area contributed by atoms with Crippen LogP contribution in [-0.4, -0.2) is 45.2 Å². The second-order valence-corrected chi connectivity index (χ2v) is 7.92. The number of hydrogen-bond acceptors (Lipinski definition) is 4. The Labute approximate surface area is 126 Å². The van der Waals surface area contributed by atoms with Crippen LogP contribution in [0.3, 0.4) is 0 Å². The van der Waals surface area contributed by atoms with Gasteiger partial charge in [-0.2, -0.15) is 0 Å². The Balaban J connectivity index is 1.56. The molecular weight excluding hydrogens is 288 g/mol. The summed E-state index contributed by atoms with van der Waals surface area (Å²) in [5, 5.41) is 3.53. The van der Waals surface area contributed by atoms with Crippen LogP contribution in [0.4, 0.5) is 0 Å². The van der Waals surface area contributed by atoms with Crippen LogP contribution in [0.25, 0.3) is 0 Å². The van der Waals surface area contributed by atoms with Gasteiger partial charge in [-0.15, -0.1) is 0 Å². The van der Waals surface area contributed by atoms with Crippen LogP contribution >= 0.6 is 0 Å². The van der Waals surface area contributed by atoms with Crippen LogP contribution in [0.1, 0.15) is 24.4 Å². The molecule has 1 fully saturated rings. The maximum atomic E-state index is 11.6. The van der Waals surface area contributed by atoms with Crippen LogP contribution in [-0.2, 0) is 10.0 Å². The number of fused-ring (bicyclic) bond motifs is 1. The smallest absolute Gasteiger partial charge is 0.211 e.